The molecule has 0 aromatic heterocycles. The first-order valence-electron chi connectivity index (χ1n) is 8.49. The van der Waals surface area contributed by atoms with E-state index in [4.69, 9.17) is 4.74 Å². The molecule has 0 spiro atoms. The molecule has 1 N–H and O–H groups in total. The van der Waals surface area contributed by atoms with Gasteiger partial charge in [0.1, 0.15) is 0 Å². The Hall–Kier alpha value is -0.900. The van der Waals surface area contributed by atoms with Crippen molar-refractivity contribution in [3.63, 3.8) is 0 Å². The molecule has 0 amide bonds. The maximum atomic E-state index is 5.39. The van der Waals surface area contributed by atoms with Gasteiger partial charge in [-0.3, -0.25) is 4.90 Å². The summed E-state index contributed by atoms with van der Waals surface area (Å²) in [7, 11) is 0. The molecule has 2 saturated heterocycles. The van der Waals surface area contributed by atoms with Gasteiger partial charge in [0, 0.05) is 19.6 Å². The van der Waals surface area contributed by atoms with Crippen LogP contribution in [0.5, 0.6) is 0 Å². The number of piperidine rings is 1. The molecule has 3 heteroatoms. The van der Waals surface area contributed by atoms with Gasteiger partial charge >= 0.3 is 0 Å². The summed E-state index contributed by atoms with van der Waals surface area (Å²) < 4.78 is 5.39. The highest BCUT2D eigenvalue weighted by molar-refractivity contribution is 5.23. The van der Waals surface area contributed by atoms with Crippen LogP contribution in [0.25, 0.3) is 0 Å². The zero-order chi connectivity index (χ0) is 14.3. The quantitative estimate of drug-likeness (QED) is 0.898. The molecule has 0 unspecified atom stereocenters. The van der Waals surface area contributed by atoms with Gasteiger partial charge in [0.15, 0.2) is 0 Å². The van der Waals surface area contributed by atoms with Crippen molar-refractivity contribution in [3.05, 3.63) is 35.4 Å². The highest BCUT2D eigenvalue weighted by Gasteiger charge is 2.13. The van der Waals surface area contributed by atoms with Crippen LogP contribution in [0.1, 0.15) is 24.0 Å². The molecule has 21 heavy (non-hydrogen) atoms. The Bertz CT molecular complexity index is 406. The maximum Gasteiger partial charge on any atom is 0.0594 e. The Morgan fingerprint density at radius 3 is 2.38 bits per heavy atom. The molecule has 2 aliphatic rings. The first-order chi connectivity index (χ1) is 10.4. The molecule has 0 saturated carbocycles. The number of morpholine rings is 1. The maximum absolute atomic E-state index is 5.39. The summed E-state index contributed by atoms with van der Waals surface area (Å²) in [5, 5.41) is 3.44. The molecule has 0 atom stereocenters. The molecule has 0 aliphatic carbocycles. The molecule has 3 nitrogen and oxygen atoms in total. The van der Waals surface area contributed by atoms with E-state index in [2.05, 4.69) is 34.5 Å². The lowest BCUT2D eigenvalue weighted by Crippen LogP contribution is -2.37. The molecule has 116 valence electrons. The topological polar surface area (TPSA) is 24.5 Å². The van der Waals surface area contributed by atoms with Gasteiger partial charge in [0.05, 0.1) is 13.2 Å². The van der Waals surface area contributed by atoms with Gasteiger partial charge in [-0.15, -0.1) is 0 Å². The van der Waals surface area contributed by atoms with Gasteiger partial charge in [-0.2, -0.15) is 0 Å². The first-order valence-corrected chi connectivity index (χ1v) is 8.49. The van der Waals surface area contributed by atoms with Crippen molar-refractivity contribution in [2.45, 2.75) is 25.7 Å². The van der Waals surface area contributed by atoms with Gasteiger partial charge in [-0.25, -0.2) is 0 Å². The molecular weight excluding hydrogens is 260 g/mol. The third-order valence-electron chi connectivity index (χ3n) is 4.83. The Morgan fingerprint density at radius 2 is 1.67 bits per heavy atom. The van der Waals surface area contributed by atoms with Gasteiger partial charge in [0.2, 0.25) is 0 Å². The van der Waals surface area contributed by atoms with E-state index in [9.17, 15) is 0 Å². The summed E-state index contributed by atoms with van der Waals surface area (Å²) in [5.74, 6) is 0.880. The third kappa shape index (κ3) is 4.80. The fourth-order valence-electron chi connectivity index (χ4n) is 3.37. The van der Waals surface area contributed by atoms with Gasteiger partial charge in [-0.05, 0) is 55.8 Å². The Balaban J connectivity index is 1.44. The van der Waals surface area contributed by atoms with Crippen molar-refractivity contribution >= 4 is 0 Å². The number of rotatable bonds is 5. The summed E-state index contributed by atoms with van der Waals surface area (Å²) >= 11 is 0. The second-order valence-electron chi connectivity index (χ2n) is 6.42. The minimum absolute atomic E-state index is 0.880. The standard InChI is InChI=1S/C18H28N2O/c1-3-17(15-18-5-8-19-9-6-18)4-2-16(1)7-10-20-11-13-21-14-12-20/h1-4,18-19H,5-15H2. The second kappa shape index (κ2) is 7.92. The zero-order valence-electron chi connectivity index (χ0n) is 13.0. The number of benzene rings is 1. The average Bonchev–Trinajstić information content (AvgIpc) is 2.56. The predicted octanol–water partition coefficient (Wildman–Crippen LogP) is 2.10. The number of hydrogen-bond acceptors (Lipinski definition) is 3. The van der Waals surface area contributed by atoms with Crippen LogP contribution < -0.4 is 5.32 Å². The van der Waals surface area contributed by atoms with Crippen LogP contribution in [-0.4, -0.2) is 50.8 Å². The molecule has 1 aromatic carbocycles. The highest BCUT2D eigenvalue weighted by atomic mass is 16.5. The van der Waals surface area contributed by atoms with E-state index in [1.165, 1.54) is 43.5 Å². The van der Waals surface area contributed by atoms with E-state index in [0.29, 0.717) is 0 Å². The number of hydrogen-bond donors (Lipinski definition) is 1. The molecule has 3 rings (SSSR count). The summed E-state index contributed by atoms with van der Waals surface area (Å²) in [5.41, 5.74) is 2.98. The van der Waals surface area contributed by atoms with Crippen LogP contribution in [0.3, 0.4) is 0 Å². The Morgan fingerprint density at radius 1 is 1.00 bits per heavy atom. The minimum Gasteiger partial charge on any atom is -0.379 e. The Labute approximate surface area is 128 Å². The van der Waals surface area contributed by atoms with Crippen molar-refractivity contribution in [1.82, 2.24) is 10.2 Å². The lowest BCUT2D eigenvalue weighted by Gasteiger charge is -2.26. The van der Waals surface area contributed by atoms with Crippen molar-refractivity contribution in [2.24, 2.45) is 5.92 Å². The molecule has 0 radical (unpaired) electrons. The van der Waals surface area contributed by atoms with Crippen LogP contribution >= 0.6 is 0 Å². The van der Waals surface area contributed by atoms with E-state index in [1.807, 2.05) is 0 Å². The lowest BCUT2D eigenvalue weighted by atomic mass is 9.90. The molecule has 2 aliphatic heterocycles. The van der Waals surface area contributed by atoms with E-state index in [1.54, 1.807) is 0 Å². The Kier molecular flexibility index (Phi) is 5.67. The molecule has 2 fully saturated rings. The van der Waals surface area contributed by atoms with Crippen LogP contribution in [0, 0.1) is 5.92 Å². The van der Waals surface area contributed by atoms with E-state index in [0.717, 1.165) is 45.2 Å². The van der Waals surface area contributed by atoms with Crippen LogP contribution in [0.2, 0.25) is 0 Å². The summed E-state index contributed by atoms with van der Waals surface area (Å²) in [4.78, 5) is 2.51. The predicted molar refractivity (Wildman–Crippen MR) is 86.7 cm³/mol. The summed E-state index contributed by atoms with van der Waals surface area (Å²) in [6.45, 7) is 7.54. The normalized spacial score (nSPS) is 21.5. The molecule has 1 aromatic rings. The van der Waals surface area contributed by atoms with Crippen molar-refractivity contribution in [3.8, 4) is 0 Å². The van der Waals surface area contributed by atoms with Crippen LogP contribution in [0.15, 0.2) is 24.3 Å². The van der Waals surface area contributed by atoms with Gasteiger partial charge in [-0.1, -0.05) is 24.3 Å². The van der Waals surface area contributed by atoms with Gasteiger partial charge in [0.25, 0.3) is 0 Å². The fraction of sp³-hybridized carbons (Fsp3) is 0.667. The first kappa shape index (κ1) is 15.0. The van der Waals surface area contributed by atoms with Crippen molar-refractivity contribution < 1.29 is 4.74 Å². The van der Waals surface area contributed by atoms with Crippen LogP contribution in [-0.2, 0) is 17.6 Å². The monoisotopic (exact) mass is 288 g/mol. The third-order valence-corrected chi connectivity index (χ3v) is 4.83. The summed E-state index contributed by atoms with van der Waals surface area (Å²) in [6, 6.07) is 9.35. The zero-order valence-corrected chi connectivity index (χ0v) is 13.0. The van der Waals surface area contributed by atoms with Gasteiger partial charge < -0.3 is 10.1 Å². The lowest BCUT2D eigenvalue weighted by molar-refractivity contribution is 0.0384. The van der Waals surface area contributed by atoms with Crippen LogP contribution in [0.4, 0.5) is 0 Å². The number of nitrogens with one attached hydrogen (secondary N) is 1. The van der Waals surface area contributed by atoms with E-state index < -0.39 is 0 Å². The number of ether oxygens (including phenoxy) is 1. The largest absolute Gasteiger partial charge is 0.379 e. The summed E-state index contributed by atoms with van der Waals surface area (Å²) in [6.07, 6.45) is 5.08. The SMILES string of the molecule is c1cc(CC2CCNCC2)ccc1CCN1CCOCC1. The molecule has 2 heterocycles. The highest BCUT2D eigenvalue weighted by Crippen LogP contribution is 2.18. The van der Waals surface area contributed by atoms with E-state index >= 15 is 0 Å². The minimum atomic E-state index is 0.880. The average molecular weight is 288 g/mol. The number of nitrogens with zero attached hydrogens (tertiary/aromatic N) is 1. The van der Waals surface area contributed by atoms with E-state index in [-0.39, 0.29) is 0 Å². The molecular formula is C18H28N2O. The smallest absolute Gasteiger partial charge is 0.0594 e. The van der Waals surface area contributed by atoms with Crippen molar-refractivity contribution in [1.29, 1.82) is 0 Å². The second-order valence-corrected chi connectivity index (χ2v) is 6.42. The molecule has 0 bridgehead atoms. The van der Waals surface area contributed by atoms with Crippen molar-refractivity contribution in [2.75, 3.05) is 45.9 Å². The fourth-order valence-corrected chi connectivity index (χ4v) is 3.37.